The summed E-state index contributed by atoms with van der Waals surface area (Å²) in [7, 11) is 3.42. The highest BCUT2D eigenvalue weighted by Gasteiger charge is 2.33. The van der Waals surface area contributed by atoms with E-state index >= 15 is 4.39 Å². The summed E-state index contributed by atoms with van der Waals surface area (Å²) in [4.78, 5) is 56.4. The van der Waals surface area contributed by atoms with Crippen molar-refractivity contribution in [1.82, 2.24) is 4.90 Å². The minimum absolute atomic E-state index is 0.00132. The fraction of sp³-hybridized carbons (Fsp3) is 0.385. The van der Waals surface area contributed by atoms with Crippen LogP contribution in [0.15, 0.2) is 72.3 Å². The SMILES string of the molecule is CN(CCC1=C(C(=O)Cc2ccc(C(=O)OC(C)(C)C)cc2)C(=O)Cc2c1cc(F)cc2N(C)Cc1ccccc1)C(=O)OC(C)(C)C. The van der Waals surface area contributed by atoms with Gasteiger partial charge in [0.25, 0.3) is 0 Å². The number of allylic oxidation sites excluding steroid dienone is 1. The molecule has 3 aromatic carbocycles. The summed E-state index contributed by atoms with van der Waals surface area (Å²) in [5.74, 6) is -1.77. The largest absolute Gasteiger partial charge is 0.456 e. The van der Waals surface area contributed by atoms with Crippen LogP contribution in [0.25, 0.3) is 5.57 Å². The van der Waals surface area contributed by atoms with E-state index in [1.165, 1.54) is 17.0 Å². The van der Waals surface area contributed by atoms with Crippen LogP contribution in [0.2, 0.25) is 0 Å². The second-order valence-electron chi connectivity index (χ2n) is 14.2. The van der Waals surface area contributed by atoms with Crippen molar-refractivity contribution in [1.29, 1.82) is 0 Å². The first-order valence-corrected chi connectivity index (χ1v) is 16.1. The molecule has 0 N–H and O–H groups in total. The number of ketones is 2. The van der Waals surface area contributed by atoms with Crippen LogP contribution in [0.1, 0.15) is 80.6 Å². The number of amides is 1. The number of esters is 1. The van der Waals surface area contributed by atoms with Gasteiger partial charge in [0.1, 0.15) is 17.0 Å². The van der Waals surface area contributed by atoms with E-state index in [0.717, 1.165) is 5.56 Å². The van der Waals surface area contributed by atoms with E-state index in [1.54, 1.807) is 72.9 Å². The van der Waals surface area contributed by atoms with E-state index in [0.29, 0.717) is 40.1 Å². The number of carbonyl (C=O) groups is 4. The Morgan fingerprint density at radius 3 is 2.06 bits per heavy atom. The lowest BCUT2D eigenvalue weighted by Gasteiger charge is -2.30. The van der Waals surface area contributed by atoms with Crippen LogP contribution in [-0.2, 0) is 38.4 Å². The monoisotopic (exact) mass is 656 g/mol. The van der Waals surface area contributed by atoms with Crippen molar-refractivity contribution >= 4 is 34.9 Å². The van der Waals surface area contributed by atoms with Gasteiger partial charge >= 0.3 is 12.1 Å². The number of nitrogens with zero attached hydrogens (tertiary/aromatic N) is 2. The zero-order valence-corrected chi connectivity index (χ0v) is 29.1. The van der Waals surface area contributed by atoms with E-state index in [1.807, 2.05) is 42.3 Å². The Kier molecular flexibility index (Phi) is 10.9. The number of hydrogen-bond acceptors (Lipinski definition) is 7. The number of rotatable bonds is 10. The van der Waals surface area contributed by atoms with E-state index < -0.39 is 34.9 Å². The van der Waals surface area contributed by atoms with Crippen molar-refractivity contribution in [2.75, 3.05) is 25.5 Å². The predicted octanol–water partition coefficient (Wildman–Crippen LogP) is 7.37. The molecule has 0 spiro atoms. The Balaban J connectivity index is 1.71. The van der Waals surface area contributed by atoms with Crippen molar-refractivity contribution in [2.45, 2.75) is 78.6 Å². The molecule has 0 heterocycles. The maximum Gasteiger partial charge on any atom is 0.410 e. The van der Waals surface area contributed by atoms with Gasteiger partial charge in [-0.25, -0.2) is 14.0 Å². The van der Waals surface area contributed by atoms with Gasteiger partial charge in [-0.1, -0.05) is 42.5 Å². The number of fused-ring (bicyclic) bond motifs is 1. The second kappa shape index (κ2) is 14.5. The summed E-state index contributed by atoms with van der Waals surface area (Å²) in [6, 6.07) is 19.0. The van der Waals surface area contributed by atoms with Gasteiger partial charge in [-0.2, -0.15) is 0 Å². The zero-order chi connectivity index (χ0) is 35.4. The summed E-state index contributed by atoms with van der Waals surface area (Å²) in [5, 5.41) is 0. The van der Waals surface area contributed by atoms with Gasteiger partial charge in [0.05, 0.1) is 11.1 Å². The summed E-state index contributed by atoms with van der Waals surface area (Å²) >= 11 is 0. The number of ether oxygens (including phenoxy) is 2. The molecule has 4 rings (SSSR count). The number of benzene rings is 3. The fourth-order valence-electron chi connectivity index (χ4n) is 5.58. The first kappa shape index (κ1) is 36.1. The van der Waals surface area contributed by atoms with E-state index in [-0.39, 0.29) is 37.2 Å². The topological polar surface area (TPSA) is 93.2 Å². The molecule has 0 bridgehead atoms. The highest BCUT2D eigenvalue weighted by molar-refractivity contribution is 6.27. The van der Waals surface area contributed by atoms with Crippen LogP contribution < -0.4 is 4.90 Å². The molecule has 48 heavy (non-hydrogen) atoms. The molecule has 254 valence electrons. The average molecular weight is 657 g/mol. The average Bonchev–Trinajstić information content (AvgIpc) is 2.98. The number of carbonyl (C=O) groups excluding carboxylic acids is 4. The number of anilines is 1. The molecule has 0 fully saturated rings. The molecule has 0 unspecified atom stereocenters. The normalized spacial score (nSPS) is 13.1. The van der Waals surface area contributed by atoms with Crippen molar-refractivity contribution in [2.24, 2.45) is 0 Å². The maximum atomic E-state index is 15.4. The summed E-state index contributed by atoms with van der Waals surface area (Å²) in [6.45, 7) is 11.3. The number of halogens is 1. The van der Waals surface area contributed by atoms with Crippen LogP contribution in [0.3, 0.4) is 0 Å². The number of Topliss-reactive ketones (excluding diaryl/α,β-unsaturated/α-hetero) is 2. The molecule has 1 aliphatic rings. The number of hydrogen-bond donors (Lipinski definition) is 0. The van der Waals surface area contributed by atoms with Crippen LogP contribution >= 0.6 is 0 Å². The van der Waals surface area contributed by atoms with Crippen molar-refractivity contribution in [3.05, 3.63) is 106 Å². The van der Waals surface area contributed by atoms with Crippen molar-refractivity contribution < 1.29 is 33.0 Å². The minimum Gasteiger partial charge on any atom is -0.456 e. The molecule has 0 aliphatic heterocycles. The van der Waals surface area contributed by atoms with Gasteiger partial charge in [-0.05, 0) is 100 Å². The highest BCUT2D eigenvalue weighted by atomic mass is 19.1. The summed E-state index contributed by atoms with van der Waals surface area (Å²) in [6.07, 6.45) is -0.607. The van der Waals surface area contributed by atoms with E-state index in [9.17, 15) is 19.2 Å². The first-order valence-electron chi connectivity index (χ1n) is 16.1. The van der Waals surface area contributed by atoms with E-state index in [4.69, 9.17) is 9.47 Å². The van der Waals surface area contributed by atoms with Crippen molar-refractivity contribution in [3.8, 4) is 0 Å². The Morgan fingerprint density at radius 1 is 0.833 bits per heavy atom. The lowest BCUT2D eigenvalue weighted by Crippen LogP contribution is -2.35. The third kappa shape index (κ3) is 9.40. The Bertz CT molecular complexity index is 1720. The molecule has 0 aromatic heterocycles. The Hall–Kier alpha value is -4.79. The van der Waals surface area contributed by atoms with E-state index in [2.05, 4.69) is 0 Å². The van der Waals surface area contributed by atoms with Gasteiger partial charge in [-0.15, -0.1) is 0 Å². The van der Waals surface area contributed by atoms with Crippen LogP contribution in [0, 0.1) is 5.82 Å². The second-order valence-corrected chi connectivity index (χ2v) is 14.2. The molecule has 0 atom stereocenters. The quantitative estimate of drug-likeness (QED) is 0.166. The maximum absolute atomic E-state index is 15.4. The molecular formula is C39H45FN2O6. The first-order chi connectivity index (χ1) is 22.4. The predicted molar refractivity (Wildman–Crippen MR) is 184 cm³/mol. The van der Waals surface area contributed by atoms with Crippen LogP contribution in [-0.4, -0.2) is 60.4 Å². The van der Waals surface area contributed by atoms with Gasteiger partial charge < -0.3 is 19.3 Å². The highest BCUT2D eigenvalue weighted by Crippen LogP contribution is 2.39. The Morgan fingerprint density at radius 2 is 1.46 bits per heavy atom. The summed E-state index contributed by atoms with van der Waals surface area (Å²) < 4.78 is 26.3. The van der Waals surface area contributed by atoms with Gasteiger partial charge in [0.2, 0.25) is 0 Å². The molecule has 1 amide bonds. The minimum atomic E-state index is -0.709. The molecule has 0 saturated carbocycles. The fourth-order valence-corrected chi connectivity index (χ4v) is 5.58. The molecule has 0 radical (unpaired) electrons. The molecule has 9 heteroatoms. The molecule has 3 aromatic rings. The molecule has 0 saturated heterocycles. The van der Waals surface area contributed by atoms with Gasteiger partial charge in [-0.3, -0.25) is 9.59 Å². The van der Waals surface area contributed by atoms with Crippen LogP contribution in [0.5, 0.6) is 0 Å². The standard InChI is InChI=1S/C39H45FN2O6/c1-38(2,3)47-36(45)27-16-14-25(15-17-27)20-33(43)35-29(18-19-41(7)37(46)48-39(4,5)6)30-21-28(40)22-32(31(30)23-34(35)44)42(8)24-26-12-10-9-11-13-26/h9-17,21-22H,18-20,23-24H2,1-8H3. The van der Waals surface area contributed by atoms with Gasteiger partial charge in [0.15, 0.2) is 11.6 Å². The zero-order valence-electron chi connectivity index (χ0n) is 29.1. The van der Waals surface area contributed by atoms with Gasteiger partial charge in [0, 0.05) is 45.7 Å². The lowest BCUT2D eigenvalue weighted by molar-refractivity contribution is -0.120. The Labute approximate surface area is 282 Å². The molecule has 1 aliphatic carbocycles. The molecule has 8 nitrogen and oxygen atoms in total. The lowest BCUT2D eigenvalue weighted by atomic mass is 9.79. The smallest absolute Gasteiger partial charge is 0.410 e. The van der Waals surface area contributed by atoms with Crippen molar-refractivity contribution in [3.63, 3.8) is 0 Å². The van der Waals surface area contributed by atoms with Crippen LogP contribution in [0.4, 0.5) is 14.9 Å². The third-order valence-electron chi connectivity index (χ3n) is 7.74. The molecular weight excluding hydrogens is 611 g/mol. The summed E-state index contributed by atoms with van der Waals surface area (Å²) in [5.41, 5.74) is 2.66. The third-order valence-corrected chi connectivity index (χ3v) is 7.74.